The summed E-state index contributed by atoms with van der Waals surface area (Å²) in [5.74, 6) is 0.455. The second kappa shape index (κ2) is 5.09. The molecule has 0 unspecified atom stereocenters. The Morgan fingerprint density at radius 1 is 1.71 bits per heavy atom. The van der Waals surface area contributed by atoms with E-state index in [0.717, 1.165) is 19.4 Å². The largest absolute Gasteiger partial charge is 0.490 e. The molecule has 6 nitrogen and oxygen atoms in total. The van der Waals surface area contributed by atoms with E-state index in [1.807, 2.05) is 0 Å². The summed E-state index contributed by atoms with van der Waals surface area (Å²) in [6, 6.07) is 1.77. The molecule has 2 heterocycles. The number of nitro groups is 1. The summed E-state index contributed by atoms with van der Waals surface area (Å²) >= 11 is 0. The molecule has 0 saturated carbocycles. The Morgan fingerprint density at radius 2 is 2.53 bits per heavy atom. The SMILES string of the molecule is Cc1ncc(OC[C@@H]2CCCN2)cc1[N+](=O)[O-]. The molecule has 1 aromatic heterocycles. The number of pyridine rings is 1. The number of rotatable bonds is 4. The third-order valence-electron chi connectivity index (χ3n) is 2.85. The van der Waals surface area contributed by atoms with E-state index in [0.29, 0.717) is 24.1 Å². The van der Waals surface area contributed by atoms with Gasteiger partial charge in [-0.2, -0.15) is 0 Å². The molecule has 1 aromatic rings. The van der Waals surface area contributed by atoms with Crippen LogP contribution in [0.3, 0.4) is 0 Å². The van der Waals surface area contributed by atoms with E-state index >= 15 is 0 Å². The monoisotopic (exact) mass is 237 g/mol. The fraction of sp³-hybridized carbons (Fsp3) is 0.545. The molecule has 0 aromatic carbocycles. The molecule has 1 N–H and O–H groups in total. The van der Waals surface area contributed by atoms with Gasteiger partial charge in [0, 0.05) is 6.04 Å². The number of aryl methyl sites for hydroxylation is 1. The minimum absolute atomic E-state index is 0.00174. The lowest BCUT2D eigenvalue weighted by molar-refractivity contribution is -0.385. The molecule has 0 radical (unpaired) electrons. The van der Waals surface area contributed by atoms with Crippen molar-refractivity contribution in [2.24, 2.45) is 0 Å². The van der Waals surface area contributed by atoms with Crippen molar-refractivity contribution >= 4 is 5.69 Å². The quantitative estimate of drug-likeness (QED) is 0.633. The molecule has 0 bridgehead atoms. The van der Waals surface area contributed by atoms with Crippen molar-refractivity contribution < 1.29 is 9.66 Å². The molecular formula is C11H15N3O3. The van der Waals surface area contributed by atoms with Crippen LogP contribution in [0.1, 0.15) is 18.5 Å². The van der Waals surface area contributed by atoms with Gasteiger partial charge in [0.15, 0.2) is 0 Å². The Hall–Kier alpha value is -1.69. The minimum Gasteiger partial charge on any atom is -0.490 e. The Bertz CT molecular complexity index is 416. The van der Waals surface area contributed by atoms with Crippen LogP contribution in [0.5, 0.6) is 5.75 Å². The molecular weight excluding hydrogens is 222 g/mol. The smallest absolute Gasteiger partial charge is 0.294 e. The first-order valence-corrected chi connectivity index (χ1v) is 5.64. The van der Waals surface area contributed by atoms with Gasteiger partial charge in [0.05, 0.1) is 17.2 Å². The van der Waals surface area contributed by atoms with Crippen LogP contribution in [0.15, 0.2) is 12.3 Å². The van der Waals surface area contributed by atoms with Crippen molar-refractivity contribution in [3.8, 4) is 5.75 Å². The second-order valence-electron chi connectivity index (χ2n) is 4.14. The maximum absolute atomic E-state index is 10.7. The molecule has 2 rings (SSSR count). The molecule has 1 saturated heterocycles. The van der Waals surface area contributed by atoms with E-state index in [-0.39, 0.29) is 5.69 Å². The highest BCUT2D eigenvalue weighted by atomic mass is 16.6. The lowest BCUT2D eigenvalue weighted by atomic mass is 10.2. The van der Waals surface area contributed by atoms with Crippen LogP contribution in [-0.2, 0) is 0 Å². The molecule has 17 heavy (non-hydrogen) atoms. The zero-order valence-corrected chi connectivity index (χ0v) is 9.68. The van der Waals surface area contributed by atoms with Crippen molar-refractivity contribution in [1.29, 1.82) is 0 Å². The first kappa shape index (κ1) is 11.8. The molecule has 1 aliphatic heterocycles. The van der Waals surface area contributed by atoms with Crippen molar-refractivity contribution in [2.75, 3.05) is 13.2 Å². The van der Waals surface area contributed by atoms with Crippen molar-refractivity contribution in [3.05, 3.63) is 28.1 Å². The molecule has 1 aliphatic rings. The summed E-state index contributed by atoms with van der Waals surface area (Å²) in [6.07, 6.45) is 3.76. The minimum atomic E-state index is -0.441. The van der Waals surface area contributed by atoms with Crippen molar-refractivity contribution in [1.82, 2.24) is 10.3 Å². The zero-order chi connectivity index (χ0) is 12.3. The van der Waals surface area contributed by atoms with Gasteiger partial charge in [0.25, 0.3) is 5.69 Å². The summed E-state index contributed by atoms with van der Waals surface area (Å²) in [5, 5.41) is 14.0. The summed E-state index contributed by atoms with van der Waals surface area (Å²) < 4.78 is 5.51. The van der Waals surface area contributed by atoms with E-state index in [2.05, 4.69) is 10.3 Å². The summed E-state index contributed by atoms with van der Waals surface area (Å²) in [4.78, 5) is 14.2. The zero-order valence-electron chi connectivity index (χ0n) is 9.68. The van der Waals surface area contributed by atoms with Gasteiger partial charge < -0.3 is 10.1 Å². The number of aromatic nitrogens is 1. The van der Waals surface area contributed by atoms with E-state index < -0.39 is 4.92 Å². The van der Waals surface area contributed by atoms with E-state index in [1.54, 1.807) is 6.92 Å². The van der Waals surface area contributed by atoms with E-state index in [9.17, 15) is 10.1 Å². The molecule has 1 atom stereocenters. The van der Waals surface area contributed by atoms with E-state index in [4.69, 9.17) is 4.74 Å². The van der Waals surface area contributed by atoms with Crippen LogP contribution in [0.25, 0.3) is 0 Å². The fourth-order valence-corrected chi connectivity index (χ4v) is 1.86. The standard InChI is InChI=1S/C11H15N3O3/c1-8-11(14(15)16)5-10(6-13-8)17-7-9-3-2-4-12-9/h5-6,9,12H,2-4,7H2,1H3/t9-/m0/s1. The Morgan fingerprint density at radius 3 is 3.18 bits per heavy atom. The van der Waals surface area contributed by atoms with Crippen LogP contribution < -0.4 is 10.1 Å². The Kier molecular flexibility index (Phi) is 3.53. The van der Waals surface area contributed by atoms with Crippen molar-refractivity contribution in [2.45, 2.75) is 25.8 Å². The van der Waals surface area contributed by atoms with E-state index in [1.165, 1.54) is 12.3 Å². The highest BCUT2D eigenvalue weighted by Crippen LogP contribution is 2.21. The number of hydrogen-bond acceptors (Lipinski definition) is 5. The first-order valence-electron chi connectivity index (χ1n) is 5.64. The predicted molar refractivity (Wildman–Crippen MR) is 62.1 cm³/mol. The molecule has 0 aliphatic carbocycles. The molecule has 0 spiro atoms. The molecule has 0 amide bonds. The third-order valence-corrected chi connectivity index (χ3v) is 2.85. The first-order chi connectivity index (χ1) is 8.16. The van der Waals surface area contributed by atoms with Crippen LogP contribution in [0.2, 0.25) is 0 Å². The summed E-state index contributed by atoms with van der Waals surface area (Å²) in [7, 11) is 0. The second-order valence-corrected chi connectivity index (χ2v) is 4.14. The lowest BCUT2D eigenvalue weighted by Crippen LogP contribution is -2.28. The predicted octanol–water partition coefficient (Wildman–Crippen LogP) is 1.43. The average molecular weight is 237 g/mol. The van der Waals surface area contributed by atoms with Gasteiger partial charge in [-0.1, -0.05) is 0 Å². The molecule has 6 heteroatoms. The van der Waals surface area contributed by atoms with Gasteiger partial charge in [0.1, 0.15) is 18.1 Å². The van der Waals surface area contributed by atoms with Gasteiger partial charge >= 0.3 is 0 Å². The number of nitrogens with one attached hydrogen (secondary N) is 1. The lowest BCUT2D eigenvalue weighted by Gasteiger charge is -2.11. The van der Waals surface area contributed by atoms with Crippen LogP contribution >= 0.6 is 0 Å². The average Bonchev–Trinajstić information content (AvgIpc) is 2.80. The fourth-order valence-electron chi connectivity index (χ4n) is 1.86. The highest BCUT2D eigenvalue weighted by molar-refractivity contribution is 5.40. The summed E-state index contributed by atoms with van der Waals surface area (Å²) in [5.41, 5.74) is 0.406. The van der Waals surface area contributed by atoms with Gasteiger partial charge in [-0.25, -0.2) is 0 Å². The highest BCUT2D eigenvalue weighted by Gasteiger charge is 2.16. The molecule has 92 valence electrons. The Labute approximate surface area is 99.2 Å². The number of ether oxygens (including phenoxy) is 1. The van der Waals surface area contributed by atoms with Gasteiger partial charge in [-0.05, 0) is 26.3 Å². The maximum Gasteiger partial charge on any atom is 0.294 e. The van der Waals surface area contributed by atoms with Crippen molar-refractivity contribution in [3.63, 3.8) is 0 Å². The van der Waals surface area contributed by atoms with Crippen LogP contribution in [-0.4, -0.2) is 29.1 Å². The Balaban J connectivity index is 2.00. The molecule has 1 fully saturated rings. The maximum atomic E-state index is 10.7. The van der Waals surface area contributed by atoms with Crippen LogP contribution in [0.4, 0.5) is 5.69 Å². The summed E-state index contributed by atoms with van der Waals surface area (Å²) in [6.45, 7) is 3.16. The normalized spacial score (nSPS) is 19.2. The van der Waals surface area contributed by atoms with Crippen LogP contribution in [0, 0.1) is 17.0 Å². The topological polar surface area (TPSA) is 77.3 Å². The van der Waals surface area contributed by atoms with Gasteiger partial charge in [0.2, 0.25) is 0 Å². The number of nitrogens with zero attached hydrogens (tertiary/aromatic N) is 2. The van der Waals surface area contributed by atoms with Gasteiger partial charge in [-0.3, -0.25) is 15.1 Å². The number of hydrogen-bond donors (Lipinski definition) is 1. The van der Waals surface area contributed by atoms with Gasteiger partial charge in [-0.15, -0.1) is 0 Å². The third kappa shape index (κ3) is 2.91.